The minimum Gasteiger partial charge on any atom is -0.445 e. The van der Waals surface area contributed by atoms with Gasteiger partial charge in [0.25, 0.3) is 0 Å². The van der Waals surface area contributed by atoms with Crippen LogP contribution in [0.2, 0.25) is 0 Å². The number of hydrogen-bond acceptors (Lipinski definition) is 6. The Balaban J connectivity index is 1.79. The molecule has 2 atom stereocenters. The van der Waals surface area contributed by atoms with E-state index in [0.29, 0.717) is 25.4 Å². The standard InChI is InChI=1S/C16H23N5O/c1-13-9-19-16(22-13)12-20(2)15-5-7-21(11-15)10-14(8-18)4-3-6-17/h9,14-15H,3-5,7,10-12H2,1-2H3. The highest BCUT2D eigenvalue weighted by atomic mass is 16.4. The average Bonchev–Trinajstić information content (AvgIpc) is 3.12. The number of likely N-dealkylation sites (N-methyl/N-ethyl adjacent to an activating group) is 1. The van der Waals surface area contributed by atoms with E-state index < -0.39 is 0 Å². The van der Waals surface area contributed by atoms with Crippen LogP contribution in [0.4, 0.5) is 0 Å². The molecule has 0 bridgehead atoms. The highest BCUT2D eigenvalue weighted by Gasteiger charge is 2.27. The van der Waals surface area contributed by atoms with E-state index in [9.17, 15) is 0 Å². The van der Waals surface area contributed by atoms with Crippen LogP contribution in [0.15, 0.2) is 10.6 Å². The van der Waals surface area contributed by atoms with E-state index in [1.54, 1.807) is 6.20 Å². The van der Waals surface area contributed by atoms with Crippen LogP contribution in [0.1, 0.15) is 30.9 Å². The molecular weight excluding hydrogens is 278 g/mol. The van der Waals surface area contributed by atoms with Gasteiger partial charge in [-0.1, -0.05) is 0 Å². The first-order valence-corrected chi connectivity index (χ1v) is 7.73. The van der Waals surface area contributed by atoms with Crippen LogP contribution >= 0.6 is 0 Å². The third-order valence-corrected chi connectivity index (χ3v) is 4.19. The molecule has 2 unspecified atom stereocenters. The molecule has 1 fully saturated rings. The van der Waals surface area contributed by atoms with Crippen LogP contribution < -0.4 is 0 Å². The Morgan fingerprint density at radius 2 is 2.36 bits per heavy atom. The first-order chi connectivity index (χ1) is 10.6. The lowest BCUT2D eigenvalue weighted by atomic mass is 10.1. The maximum absolute atomic E-state index is 9.17. The number of oxazole rings is 1. The molecule has 0 aromatic carbocycles. The molecule has 0 N–H and O–H groups in total. The molecule has 0 saturated carbocycles. The van der Waals surface area contributed by atoms with Gasteiger partial charge in [-0.3, -0.25) is 4.90 Å². The van der Waals surface area contributed by atoms with E-state index in [4.69, 9.17) is 14.9 Å². The van der Waals surface area contributed by atoms with E-state index in [-0.39, 0.29) is 5.92 Å². The van der Waals surface area contributed by atoms with Crippen LogP contribution in [-0.2, 0) is 6.54 Å². The second-order valence-electron chi connectivity index (χ2n) is 6.00. The normalized spacial score (nSPS) is 20.0. The van der Waals surface area contributed by atoms with E-state index in [1.165, 1.54) is 0 Å². The van der Waals surface area contributed by atoms with Gasteiger partial charge in [0.2, 0.25) is 5.89 Å². The quantitative estimate of drug-likeness (QED) is 0.765. The van der Waals surface area contributed by atoms with Gasteiger partial charge in [-0.15, -0.1) is 0 Å². The Morgan fingerprint density at radius 1 is 1.55 bits per heavy atom. The fourth-order valence-corrected chi connectivity index (χ4v) is 2.90. The molecule has 22 heavy (non-hydrogen) atoms. The molecule has 1 aromatic rings. The molecule has 6 nitrogen and oxygen atoms in total. The summed E-state index contributed by atoms with van der Waals surface area (Å²) in [6.45, 7) is 5.34. The summed E-state index contributed by atoms with van der Waals surface area (Å²) in [4.78, 5) is 8.84. The van der Waals surface area contributed by atoms with Gasteiger partial charge in [-0.2, -0.15) is 10.5 Å². The third kappa shape index (κ3) is 4.56. The van der Waals surface area contributed by atoms with Crippen molar-refractivity contribution >= 4 is 0 Å². The van der Waals surface area contributed by atoms with E-state index in [0.717, 1.165) is 37.7 Å². The summed E-state index contributed by atoms with van der Waals surface area (Å²) in [6.07, 6.45) is 3.96. The number of aromatic nitrogens is 1. The van der Waals surface area contributed by atoms with Crippen LogP contribution in [0.5, 0.6) is 0 Å². The van der Waals surface area contributed by atoms with Gasteiger partial charge in [0.1, 0.15) is 5.76 Å². The highest BCUT2D eigenvalue weighted by Crippen LogP contribution is 2.19. The summed E-state index contributed by atoms with van der Waals surface area (Å²) in [6, 6.07) is 4.90. The lowest BCUT2D eigenvalue weighted by Crippen LogP contribution is -2.35. The molecule has 0 aliphatic carbocycles. The van der Waals surface area contributed by atoms with Crippen molar-refractivity contribution in [1.82, 2.24) is 14.8 Å². The fraction of sp³-hybridized carbons (Fsp3) is 0.688. The zero-order valence-corrected chi connectivity index (χ0v) is 13.3. The smallest absolute Gasteiger partial charge is 0.208 e. The summed E-state index contributed by atoms with van der Waals surface area (Å²) < 4.78 is 5.53. The van der Waals surface area contributed by atoms with Gasteiger partial charge >= 0.3 is 0 Å². The third-order valence-electron chi connectivity index (χ3n) is 4.19. The predicted molar refractivity (Wildman–Crippen MR) is 81.5 cm³/mol. The molecule has 0 radical (unpaired) electrons. The van der Waals surface area contributed by atoms with Crippen molar-refractivity contribution < 1.29 is 4.42 Å². The summed E-state index contributed by atoms with van der Waals surface area (Å²) in [5.74, 6) is 1.55. The Hall–Kier alpha value is -1.89. The van der Waals surface area contributed by atoms with Gasteiger partial charge in [-0.25, -0.2) is 4.98 Å². The largest absolute Gasteiger partial charge is 0.445 e. The highest BCUT2D eigenvalue weighted by molar-refractivity contribution is 4.93. The first kappa shape index (κ1) is 16.5. The van der Waals surface area contributed by atoms with Gasteiger partial charge in [-0.05, 0) is 33.4 Å². The fourth-order valence-electron chi connectivity index (χ4n) is 2.90. The van der Waals surface area contributed by atoms with Crippen molar-refractivity contribution in [2.75, 3.05) is 26.7 Å². The van der Waals surface area contributed by atoms with Crippen LogP contribution in [0, 0.1) is 35.5 Å². The van der Waals surface area contributed by atoms with Gasteiger partial charge in [0.05, 0.1) is 30.8 Å². The van der Waals surface area contributed by atoms with Crippen molar-refractivity contribution in [2.24, 2.45) is 5.92 Å². The van der Waals surface area contributed by atoms with Crippen molar-refractivity contribution in [3.05, 3.63) is 17.8 Å². The van der Waals surface area contributed by atoms with E-state index >= 15 is 0 Å². The Labute approximate surface area is 131 Å². The second kappa shape index (κ2) is 7.93. The number of likely N-dealkylation sites (tertiary alicyclic amines) is 1. The molecule has 0 spiro atoms. The van der Waals surface area contributed by atoms with Crippen LogP contribution in [0.25, 0.3) is 0 Å². The monoisotopic (exact) mass is 301 g/mol. The summed E-state index contributed by atoms with van der Waals surface area (Å²) in [5, 5.41) is 17.8. The number of nitrogens with zero attached hydrogens (tertiary/aromatic N) is 5. The topological polar surface area (TPSA) is 80.1 Å². The minimum absolute atomic E-state index is 0.0434. The minimum atomic E-state index is -0.0434. The molecule has 1 aliphatic heterocycles. The van der Waals surface area contributed by atoms with Crippen molar-refractivity contribution in [3.8, 4) is 12.1 Å². The zero-order chi connectivity index (χ0) is 15.9. The predicted octanol–water partition coefficient (Wildman–Crippen LogP) is 1.93. The second-order valence-corrected chi connectivity index (χ2v) is 6.00. The lowest BCUT2D eigenvalue weighted by Gasteiger charge is -2.24. The molecular formula is C16H23N5O. The Kier molecular flexibility index (Phi) is 5.94. The van der Waals surface area contributed by atoms with Crippen molar-refractivity contribution in [1.29, 1.82) is 10.5 Å². The maximum atomic E-state index is 9.17. The number of aryl methyl sites for hydroxylation is 1. The summed E-state index contributed by atoms with van der Waals surface area (Å²) in [5.41, 5.74) is 0. The molecule has 6 heteroatoms. The van der Waals surface area contributed by atoms with E-state index in [2.05, 4.69) is 34.0 Å². The number of hydrogen-bond donors (Lipinski definition) is 0. The molecule has 118 valence electrons. The Morgan fingerprint density at radius 3 is 3.00 bits per heavy atom. The van der Waals surface area contributed by atoms with Crippen molar-refractivity contribution in [3.63, 3.8) is 0 Å². The molecule has 2 rings (SSSR count). The number of rotatable bonds is 7. The molecule has 1 aliphatic rings. The summed E-state index contributed by atoms with van der Waals surface area (Å²) in [7, 11) is 2.09. The van der Waals surface area contributed by atoms with E-state index in [1.807, 2.05) is 6.92 Å². The zero-order valence-electron chi connectivity index (χ0n) is 13.3. The molecule has 2 heterocycles. The molecule has 0 amide bonds. The Bertz CT molecular complexity index is 556. The lowest BCUT2D eigenvalue weighted by molar-refractivity contribution is 0.201. The summed E-state index contributed by atoms with van der Waals surface area (Å²) >= 11 is 0. The molecule has 1 saturated heterocycles. The van der Waals surface area contributed by atoms with Gasteiger partial charge < -0.3 is 9.32 Å². The number of nitriles is 2. The van der Waals surface area contributed by atoms with Gasteiger partial charge in [0, 0.05) is 25.6 Å². The average molecular weight is 301 g/mol. The first-order valence-electron chi connectivity index (χ1n) is 7.73. The SMILES string of the molecule is Cc1cnc(CN(C)C2CCN(CC(C#N)CCC#N)C2)o1. The van der Waals surface area contributed by atoms with Crippen molar-refractivity contribution in [2.45, 2.75) is 38.8 Å². The van der Waals surface area contributed by atoms with Crippen LogP contribution in [-0.4, -0.2) is 47.5 Å². The van der Waals surface area contributed by atoms with Gasteiger partial charge in [0.15, 0.2) is 0 Å². The molecule has 1 aromatic heterocycles. The van der Waals surface area contributed by atoms with Crippen LogP contribution in [0.3, 0.4) is 0 Å². The maximum Gasteiger partial charge on any atom is 0.208 e.